The van der Waals surface area contributed by atoms with Crippen molar-refractivity contribution >= 4 is 5.91 Å². The van der Waals surface area contributed by atoms with Gasteiger partial charge < -0.3 is 14.7 Å². The molecule has 2 aliphatic heterocycles. The number of carbonyl (C=O) groups is 1. The van der Waals surface area contributed by atoms with Crippen LogP contribution in [0, 0.1) is 5.92 Å². The van der Waals surface area contributed by atoms with E-state index in [9.17, 15) is 9.90 Å². The third-order valence-corrected chi connectivity index (χ3v) is 6.43. The summed E-state index contributed by atoms with van der Waals surface area (Å²) >= 11 is 0. The second kappa shape index (κ2) is 6.69. The molecule has 0 bridgehead atoms. The van der Waals surface area contributed by atoms with Crippen LogP contribution < -0.4 is 0 Å². The van der Waals surface area contributed by atoms with Crippen LogP contribution in [0.15, 0.2) is 0 Å². The first-order valence-corrected chi connectivity index (χ1v) is 9.30. The molecule has 5 nitrogen and oxygen atoms in total. The molecule has 3 fully saturated rings. The van der Waals surface area contributed by atoms with Crippen LogP contribution in [0.5, 0.6) is 0 Å². The van der Waals surface area contributed by atoms with E-state index >= 15 is 0 Å². The van der Waals surface area contributed by atoms with Crippen molar-refractivity contribution in [3.8, 4) is 0 Å². The Morgan fingerprint density at radius 2 is 1.74 bits per heavy atom. The quantitative estimate of drug-likeness (QED) is 0.839. The Balaban J connectivity index is 1.78. The molecule has 0 aromatic heterocycles. The average Bonchev–Trinajstić information content (AvgIpc) is 2.58. The average molecular weight is 324 g/mol. The summed E-state index contributed by atoms with van der Waals surface area (Å²) in [5.74, 6) is 0.437. The van der Waals surface area contributed by atoms with Crippen LogP contribution in [0.3, 0.4) is 0 Å². The molecule has 3 rings (SSSR count). The fraction of sp³-hybridized carbons (Fsp3) is 0.944. The lowest BCUT2D eigenvalue weighted by atomic mass is 9.77. The summed E-state index contributed by atoms with van der Waals surface area (Å²) in [6.45, 7) is 8.53. The van der Waals surface area contributed by atoms with Crippen LogP contribution in [0.2, 0.25) is 0 Å². The van der Waals surface area contributed by atoms with Crippen LogP contribution in [0.1, 0.15) is 52.4 Å². The van der Waals surface area contributed by atoms with Gasteiger partial charge in [-0.05, 0) is 26.2 Å². The van der Waals surface area contributed by atoms with Gasteiger partial charge in [-0.1, -0.05) is 26.2 Å². The van der Waals surface area contributed by atoms with Gasteiger partial charge in [0.15, 0.2) is 0 Å². The fourth-order valence-corrected chi connectivity index (χ4v) is 4.50. The van der Waals surface area contributed by atoms with E-state index in [0.717, 1.165) is 52.0 Å². The SMILES string of the molecule is C[C@@H]1CN(C(=O)C2(N3CCOCC3)CCCCC2)CC[C@]1(C)O. The van der Waals surface area contributed by atoms with Crippen LogP contribution in [0.25, 0.3) is 0 Å². The zero-order valence-corrected chi connectivity index (χ0v) is 14.7. The van der Waals surface area contributed by atoms with E-state index < -0.39 is 5.60 Å². The normalized spacial score (nSPS) is 36.0. The zero-order valence-electron chi connectivity index (χ0n) is 14.7. The number of amides is 1. The Morgan fingerprint density at radius 1 is 1.09 bits per heavy atom. The fourth-order valence-electron chi connectivity index (χ4n) is 4.50. The maximum Gasteiger partial charge on any atom is 0.243 e. The molecule has 0 aromatic rings. The number of ether oxygens (including phenoxy) is 1. The highest BCUT2D eigenvalue weighted by atomic mass is 16.5. The lowest BCUT2D eigenvalue weighted by Crippen LogP contribution is -2.65. The third-order valence-electron chi connectivity index (χ3n) is 6.43. The van der Waals surface area contributed by atoms with Gasteiger partial charge >= 0.3 is 0 Å². The molecular weight excluding hydrogens is 292 g/mol. The lowest BCUT2D eigenvalue weighted by molar-refractivity contribution is -0.157. The Labute approximate surface area is 140 Å². The van der Waals surface area contributed by atoms with Gasteiger partial charge in [0.05, 0.1) is 18.8 Å². The summed E-state index contributed by atoms with van der Waals surface area (Å²) in [5, 5.41) is 10.4. The van der Waals surface area contributed by atoms with Crippen molar-refractivity contribution in [1.82, 2.24) is 9.80 Å². The molecule has 2 atom stereocenters. The minimum absolute atomic E-state index is 0.130. The van der Waals surface area contributed by atoms with Crippen molar-refractivity contribution in [2.75, 3.05) is 39.4 Å². The number of likely N-dealkylation sites (tertiary alicyclic amines) is 1. The standard InChI is InChI=1S/C18H32N2O3/c1-15-14-19(9-8-17(15,2)22)16(21)18(6-4-3-5-7-18)20-10-12-23-13-11-20/h15,22H,3-14H2,1-2H3/t15-,17+/m1/s1. The van der Waals surface area contributed by atoms with Gasteiger partial charge in [0.1, 0.15) is 5.54 Å². The molecule has 23 heavy (non-hydrogen) atoms. The van der Waals surface area contributed by atoms with Crippen LogP contribution in [-0.2, 0) is 9.53 Å². The van der Waals surface area contributed by atoms with Gasteiger partial charge in [-0.15, -0.1) is 0 Å². The molecule has 5 heteroatoms. The summed E-state index contributed by atoms with van der Waals surface area (Å²) in [7, 11) is 0. The number of morpholine rings is 1. The largest absolute Gasteiger partial charge is 0.390 e. The third kappa shape index (κ3) is 3.28. The van der Waals surface area contributed by atoms with Crippen molar-refractivity contribution in [3.63, 3.8) is 0 Å². The number of piperidine rings is 1. The van der Waals surface area contributed by atoms with Crippen LogP contribution in [0.4, 0.5) is 0 Å². The minimum atomic E-state index is -0.643. The van der Waals surface area contributed by atoms with Crippen molar-refractivity contribution in [2.24, 2.45) is 5.92 Å². The highest BCUT2D eigenvalue weighted by Gasteiger charge is 2.48. The molecular formula is C18H32N2O3. The first-order valence-electron chi connectivity index (χ1n) is 9.30. The second-order valence-electron chi connectivity index (χ2n) is 7.95. The van der Waals surface area contributed by atoms with Gasteiger partial charge in [-0.25, -0.2) is 0 Å². The zero-order chi connectivity index (χ0) is 16.5. The van der Waals surface area contributed by atoms with E-state index in [1.54, 1.807) is 0 Å². The predicted molar refractivity (Wildman–Crippen MR) is 89.2 cm³/mol. The molecule has 3 aliphatic rings. The molecule has 1 N–H and O–H groups in total. The van der Waals surface area contributed by atoms with Gasteiger partial charge in [0.2, 0.25) is 5.91 Å². The van der Waals surface area contributed by atoms with Crippen molar-refractivity contribution in [1.29, 1.82) is 0 Å². The summed E-state index contributed by atoms with van der Waals surface area (Å²) in [6, 6.07) is 0. The number of hydrogen-bond donors (Lipinski definition) is 1. The first-order chi connectivity index (χ1) is 11.0. The monoisotopic (exact) mass is 324 g/mol. The van der Waals surface area contributed by atoms with E-state index in [1.807, 2.05) is 11.8 Å². The molecule has 0 unspecified atom stereocenters. The highest BCUT2D eigenvalue weighted by molar-refractivity contribution is 5.86. The number of carbonyl (C=O) groups excluding carboxylic acids is 1. The van der Waals surface area contributed by atoms with Crippen molar-refractivity contribution in [3.05, 3.63) is 0 Å². The Hall–Kier alpha value is -0.650. The maximum absolute atomic E-state index is 13.5. The predicted octanol–water partition coefficient (Wildman–Crippen LogP) is 1.64. The van der Waals surface area contributed by atoms with E-state index in [1.165, 1.54) is 6.42 Å². The second-order valence-corrected chi connectivity index (χ2v) is 7.95. The van der Waals surface area contributed by atoms with Crippen molar-refractivity contribution in [2.45, 2.75) is 63.5 Å². The van der Waals surface area contributed by atoms with Gasteiger partial charge in [-0.3, -0.25) is 9.69 Å². The van der Waals surface area contributed by atoms with Gasteiger partial charge in [0.25, 0.3) is 0 Å². The van der Waals surface area contributed by atoms with E-state index in [4.69, 9.17) is 4.74 Å². The van der Waals surface area contributed by atoms with Crippen LogP contribution in [-0.4, -0.2) is 71.3 Å². The molecule has 0 radical (unpaired) electrons. The van der Waals surface area contributed by atoms with Crippen molar-refractivity contribution < 1.29 is 14.6 Å². The topological polar surface area (TPSA) is 53.0 Å². The summed E-state index contributed by atoms with van der Waals surface area (Å²) in [4.78, 5) is 17.9. The van der Waals surface area contributed by atoms with Gasteiger partial charge in [0, 0.05) is 32.1 Å². The van der Waals surface area contributed by atoms with E-state index in [0.29, 0.717) is 25.4 Å². The summed E-state index contributed by atoms with van der Waals surface area (Å²) < 4.78 is 5.51. The Kier molecular flexibility index (Phi) is 5.00. The molecule has 132 valence electrons. The summed E-state index contributed by atoms with van der Waals surface area (Å²) in [5.41, 5.74) is -0.958. The Morgan fingerprint density at radius 3 is 2.35 bits per heavy atom. The first kappa shape index (κ1) is 17.2. The Bertz CT molecular complexity index is 426. The maximum atomic E-state index is 13.5. The van der Waals surface area contributed by atoms with Crippen LogP contribution >= 0.6 is 0 Å². The number of hydrogen-bond acceptors (Lipinski definition) is 4. The van der Waals surface area contributed by atoms with E-state index in [-0.39, 0.29) is 11.5 Å². The molecule has 0 spiro atoms. The molecule has 2 heterocycles. The lowest BCUT2D eigenvalue weighted by Gasteiger charge is -2.50. The minimum Gasteiger partial charge on any atom is -0.390 e. The molecule has 1 amide bonds. The van der Waals surface area contributed by atoms with Gasteiger partial charge in [-0.2, -0.15) is 0 Å². The molecule has 1 saturated carbocycles. The molecule has 0 aromatic carbocycles. The number of aliphatic hydroxyl groups is 1. The highest BCUT2D eigenvalue weighted by Crippen LogP contribution is 2.38. The van der Waals surface area contributed by atoms with E-state index in [2.05, 4.69) is 11.8 Å². The molecule has 2 saturated heterocycles. The summed E-state index contributed by atoms with van der Waals surface area (Å²) in [6.07, 6.45) is 6.16. The number of nitrogens with zero attached hydrogens (tertiary/aromatic N) is 2. The smallest absolute Gasteiger partial charge is 0.243 e. The molecule has 1 aliphatic carbocycles. The number of rotatable bonds is 2.